The number of carbonyl (C=O) groups is 9. The molecule has 0 aromatic heterocycles. The lowest BCUT2D eigenvalue weighted by atomic mass is 10.4. The lowest BCUT2D eigenvalue weighted by Gasteiger charge is -1.70. The summed E-state index contributed by atoms with van der Waals surface area (Å²) in [4.78, 5) is 92.0. The molecule has 306 valence electrons. The second-order valence-electron chi connectivity index (χ2n) is 12.1. The Morgan fingerprint density at radius 2 is 0.278 bits per heavy atom. The monoisotopic (exact) mass is 918 g/mol. The van der Waals surface area contributed by atoms with Gasteiger partial charge in [-0.2, -0.15) is 106 Å². The number of Topliss-reactive ketones (excluding diaryl/α,β-unsaturated/α-hetero) is 9. The fraction of sp³-hybridized carbons (Fsp3) is 0.750. The molecule has 0 atom stereocenters. The highest BCUT2D eigenvalue weighted by Gasteiger charge is 2.12. The lowest BCUT2D eigenvalue weighted by Crippen LogP contribution is -1.89. The molecule has 0 spiro atoms. The van der Waals surface area contributed by atoms with Crippen LogP contribution in [0.15, 0.2) is 0 Å². The van der Waals surface area contributed by atoms with Crippen LogP contribution in [0, 0.1) is 0 Å². The molecule has 9 saturated heterocycles. The highest BCUT2D eigenvalue weighted by atomic mass is 32.2. The van der Waals surface area contributed by atoms with Gasteiger partial charge in [0.2, 0.25) is 0 Å². The Hall–Kier alpha value is 0.180. The molecule has 0 radical (unpaired) electrons. The summed E-state index contributed by atoms with van der Waals surface area (Å²) >= 11 is 15.6. The van der Waals surface area contributed by atoms with Crippen molar-refractivity contribution in [1.82, 2.24) is 0 Å². The molecule has 9 heterocycles. The van der Waals surface area contributed by atoms with E-state index >= 15 is 0 Å². The maximum absolute atomic E-state index is 10.2. The second-order valence-corrected chi connectivity index (χ2v) is 22.0. The van der Waals surface area contributed by atoms with Gasteiger partial charge in [0.15, 0.2) is 0 Å². The molecule has 0 N–H and O–H groups in total. The van der Waals surface area contributed by atoms with Crippen LogP contribution in [0.5, 0.6) is 0 Å². The third kappa shape index (κ3) is 34.2. The van der Waals surface area contributed by atoms with Crippen LogP contribution in [0.3, 0.4) is 0 Å². The summed E-state index contributed by atoms with van der Waals surface area (Å²) in [6.45, 7) is 0. The molecule has 18 heteroatoms. The number of hydrogen-bond donors (Lipinski definition) is 0. The van der Waals surface area contributed by atoms with Crippen molar-refractivity contribution in [2.75, 3.05) is 104 Å². The average Bonchev–Trinajstić information content (AvgIpc) is 3.98. The molecule has 9 nitrogen and oxygen atoms in total. The molecule has 9 aliphatic rings. The highest BCUT2D eigenvalue weighted by Crippen LogP contribution is 2.15. The molecular weight excluding hydrogens is 865 g/mol. The van der Waals surface area contributed by atoms with Crippen LogP contribution in [-0.4, -0.2) is 156 Å². The van der Waals surface area contributed by atoms with E-state index in [9.17, 15) is 43.2 Å². The van der Waals surface area contributed by atoms with Crippen LogP contribution in [0.2, 0.25) is 0 Å². The second kappa shape index (κ2) is 36.3. The first-order valence-corrected chi connectivity index (χ1v) is 28.3. The zero-order valence-corrected chi connectivity index (χ0v) is 38.3. The smallest absolute Gasteiger partial charge is 0.143 e. The Balaban J connectivity index is 0.000000304. The zero-order chi connectivity index (χ0) is 39.7. The van der Waals surface area contributed by atoms with Gasteiger partial charge in [-0.3, -0.25) is 43.2 Å². The van der Waals surface area contributed by atoms with Gasteiger partial charge in [-0.25, -0.2) is 0 Å². The van der Waals surface area contributed by atoms with E-state index in [1.807, 2.05) is 0 Å². The molecule has 0 amide bonds. The van der Waals surface area contributed by atoms with E-state index in [4.69, 9.17) is 0 Å². The normalized spacial score (nSPS) is 22.3. The molecule has 9 rings (SSSR count). The minimum atomic E-state index is 0.417. The number of rotatable bonds is 0. The molecule has 54 heavy (non-hydrogen) atoms. The lowest BCUT2D eigenvalue weighted by molar-refractivity contribution is -0.116. The first-order valence-electron chi connectivity index (χ1n) is 17.9. The number of ketones is 9. The largest absolute Gasteiger partial charge is 0.299 e. The van der Waals surface area contributed by atoms with Crippen molar-refractivity contribution in [3.05, 3.63) is 0 Å². The Kier molecular flexibility index (Phi) is 35.1. The first-order chi connectivity index (χ1) is 26.0. The Labute approximate surface area is 359 Å². The van der Waals surface area contributed by atoms with Crippen LogP contribution < -0.4 is 0 Å². The van der Waals surface area contributed by atoms with E-state index in [1.165, 1.54) is 0 Å². The summed E-state index contributed by atoms with van der Waals surface area (Å²) in [5.74, 6) is 20.1. The fourth-order valence-electron chi connectivity index (χ4n) is 4.00. The summed E-state index contributed by atoms with van der Waals surface area (Å²) in [5.41, 5.74) is 0. The van der Waals surface area contributed by atoms with Crippen molar-refractivity contribution in [2.24, 2.45) is 0 Å². The summed E-state index contributed by atoms with van der Waals surface area (Å²) in [5, 5.41) is 0. The van der Waals surface area contributed by atoms with Crippen molar-refractivity contribution in [3.8, 4) is 0 Å². The minimum absolute atomic E-state index is 0.417. The SMILES string of the molecule is O=C1CCSC1.O=C1CCSC1.O=C1CCSC1.O=C1CCSC1.O=C1CCSC1.O=C1CCSC1.O=C1CCSC1.O=C1CCSC1.O=C1CCSC1. The molecular formula is C36H54O9S9. The summed E-state index contributed by atoms with van der Waals surface area (Å²) in [7, 11) is 0. The van der Waals surface area contributed by atoms with Crippen LogP contribution in [-0.2, 0) is 43.2 Å². The predicted octanol–water partition coefficient (Wildman–Crippen LogP) is 6.23. The van der Waals surface area contributed by atoms with E-state index in [-0.39, 0.29) is 0 Å². The first kappa shape index (κ1) is 52.2. The van der Waals surface area contributed by atoms with Crippen molar-refractivity contribution < 1.29 is 43.2 Å². The Bertz CT molecular complexity index is 843. The Morgan fingerprint density at radius 1 is 0.185 bits per heavy atom. The summed E-state index contributed by atoms with van der Waals surface area (Å²) in [6, 6.07) is 0. The van der Waals surface area contributed by atoms with Gasteiger partial charge >= 0.3 is 0 Å². The van der Waals surface area contributed by atoms with E-state index in [0.29, 0.717) is 52.0 Å². The maximum Gasteiger partial charge on any atom is 0.143 e. The number of thioether (sulfide) groups is 9. The topological polar surface area (TPSA) is 154 Å². The fourth-order valence-corrected chi connectivity index (χ4v) is 12.0. The molecule has 0 bridgehead atoms. The van der Waals surface area contributed by atoms with Gasteiger partial charge in [-0.05, 0) is 0 Å². The molecule has 0 aromatic rings. The molecule has 0 aromatic carbocycles. The predicted molar refractivity (Wildman–Crippen MR) is 243 cm³/mol. The van der Waals surface area contributed by atoms with E-state index in [1.54, 1.807) is 106 Å². The third-order valence-corrected chi connectivity index (χ3v) is 16.3. The zero-order valence-electron chi connectivity index (χ0n) is 30.9. The van der Waals surface area contributed by atoms with Crippen LogP contribution in [0.4, 0.5) is 0 Å². The van der Waals surface area contributed by atoms with Gasteiger partial charge in [0, 0.05) is 110 Å². The minimum Gasteiger partial charge on any atom is -0.299 e. The van der Waals surface area contributed by atoms with Gasteiger partial charge in [-0.1, -0.05) is 0 Å². The van der Waals surface area contributed by atoms with Gasteiger partial charge in [0.1, 0.15) is 52.0 Å². The van der Waals surface area contributed by atoms with Crippen molar-refractivity contribution in [1.29, 1.82) is 0 Å². The molecule has 9 fully saturated rings. The van der Waals surface area contributed by atoms with Crippen molar-refractivity contribution in [2.45, 2.75) is 57.8 Å². The average molecular weight is 919 g/mol. The van der Waals surface area contributed by atoms with Gasteiger partial charge in [-0.15, -0.1) is 0 Å². The van der Waals surface area contributed by atoms with Crippen molar-refractivity contribution in [3.63, 3.8) is 0 Å². The van der Waals surface area contributed by atoms with Crippen LogP contribution in [0.1, 0.15) is 57.8 Å². The van der Waals surface area contributed by atoms with Gasteiger partial charge in [0.25, 0.3) is 0 Å². The molecule has 0 saturated carbocycles. The van der Waals surface area contributed by atoms with Crippen LogP contribution in [0.25, 0.3) is 0 Å². The quantitative estimate of drug-likeness (QED) is 0.270. The van der Waals surface area contributed by atoms with E-state index in [0.717, 1.165) is 161 Å². The summed E-state index contributed by atoms with van der Waals surface area (Å²) < 4.78 is 0. The standard InChI is InChI=1S/9C4H6OS/c9*5-4-1-2-6-3-4/h9*1-3H2. The molecule has 0 unspecified atom stereocenters. The number of hydrogen-bond acceptors (Lipinski definition) is 18. The number of carbonyl (C=O) groups excluding carboxylic acids is 9. The van der Waals surface area contributed by atoms with E-state index in [2.05, 4.69) is 0 Å². The van der Waals surface area contributed by atoms with Gasteiger partial charge < -0.3 is 0 Å². The molecule has 9 aliphatic heterocycles. The van der Waals surface area contributed by atoms with E-state index < -0.39 is 0 Å². The van der Waals surface area contributed by atoms with Crippen molar-refractivity contribution >= 4 is 158 Å². The molecule has 0 aliphatic carbocycles. The maximum atomic E-state index is 10.2. The van der Waals surface area contributed by atoms with Gasteiger partial charge in [0.05, 0.1) is 51.8 Å². The third-order valence-electron chi connectivity index (χ3n) is 7.09. The van der Waals surface area contributed by atoms with Crippen LogP contribution >= 0.6 is 106 Å². The highest BCUT2D eigenvalue weighted by molar-refractivity contribution is 8.02. The summed E-state index contributed by atoms with van der Waals surface area (Å²) in [6.07, 6.45) is 7.29. The Morgan fingerprint density at radius 3 is 0.296 bits per heavy atom.